The van der Waals surface area contributed by atoms with E-state index in [-0.39, 0.29) is 6.61 Å². The average molecular weight is 192 g/mol. The summed E-state index contributed by atoms with van der Waals surface area (Å²) in [6.45, 7) is 6.72. The molecule has 0 saturated carbocycles. The van der Waals surface area contributed by atoms with Crippen molar-refractivity contribution in [2.24, 2.45) is 0 Å². The molecule has 1 rings (SSSR count). The molecule has 1 heteroatoms. The molecule has 0 atom stereocenters. The molecule has 78 valence electrons. The van der Waals surface area contributed by atoms with Crippen LogP contribution in [0.25, 0.3) is 0 Å². The molecule has 1 aromatic carbocycles. The van der Waals surface area contributed by atoms with Gasteiger partial charge in [-0.05, 0) is 48.9 Å². The summed E-state index contributed by atoms with van der Waals surface area (Å²) >= 11 is 0. The zero-order chi connectivity index (χ0) is 10.6. The van der Waals surface area contributed by atoms with Crippen molar-refractivity contribution < 1.29 is 5.11 Å². The Kier molecular flexibility index (Phi) is 4.15. The maximum Gasteiger partial charge on any atom is 0.0471 e. The molecule has 0 fully saturated rings. The van der Waals surface area contributed by atoms with Crippen LogP contribution in [0.1, 0.15) is 35.6 Å². The number of benzene rings is 1. The van der Waals surface area contributed by atoms with Gasteiger partial charge in [-0.3, -0.25) is 0 Å². The Morgan fingerprint density at radius 1 is 1.07 bits per heavy atom. The molecule has 0 heterocycles. The van der Waals surface area contributed by atoms with Crippen molar-refractivity contribution in [1.29, 1.82) is 0 Å². The minimum Gasteiger partial charge on any atom is -0.396 e. The number of hydrogen-bond donors (Lipinski definition) is 1. The Morgan fingerprint density at radius 2 is 1.64 bits per heavy atom. The second-order valence-electron chi connectivity index (χ2n) is 3.93. The molecule has 0 bridgehead atoms. The third-order valence-electron chi connectivity index (χ3n) is 2.66. The summed E-state index contributed by atoms with van der Waals surface area (Å²) in [5.41, 5.74) is 5.38. The first kappa shape index (κ1) is 11.3. The zero-order valence-electron chi connectivity index (χ0n) is 9.43. The second-order valence-corrected chi connectivity index (χ2v) is 3.93. The van der Waals surface area contributed by atoms with Crippen LogP contribution in [-0.2, 0) is 12.8 Å². The second kappa shape index (κ2) is 5.16. The van der Waals surface area contributed by atoms with E-state index in [2.05, 4.69) is 32.9 Å². The number of aryl methyl sites for hydroxylation is 3. The van der Waals surface area contributed by atoms with Gasteiger partial charge < -0.3 is 5.11 Å². The van der Waals surface area contributed by atoms with Gasteiger partial charge in [-0.25, -0.2) is 0 Å². The first-order valence-corrected chi connectivity index (χ1v) is 5.39. The van der Waals surface area contributed by atoms with Crippen LogP contribution in [0.4, 0.5) is 0 Å². The summed E-state index contributed by atoms with van der Waals surface area (Å²) in [5.74, 6) is 0. The summed E-state index contributed by atoms with van der Waals surface area (Å²) in [4.78, 5) is 0. The van der Waals surface area contributed by atoms with Crippen LogP contribution in [0, 0.1) is 13.8 Å². The fraction of sp³-hybridized carbons (Fsp3) is 0.538. The SMILES string of the molecule is CCCc1cc(C)c(CCO)c(C)c1. The number of aliphatic hydroxyl groups is 1. The molecule has 0 unspecified atom stereocenters. The maximum absolute atomic E-state index is 8.94. The van der Waals surface area contributed by atoms with E-state index in [1.807, 2.05) is 0 Å². The van der Waals surface area contributed by atoms with E-state index in [9.17, 15) is 0 Å². The molecule has 0 aliphatic rings. The molecule has 0 aromatic heterocycles. The topological polar surface area (TPSA) is 20.2 Å². The van der Waals surface area contributed by atoms with Crippen LogP contribution in [0.2, 0.25) is 0 Å². The lowest BCUT2D eigenvalue weighted by atomic mass is 9.95. The van der Waals surface area contributed by atoms with Gasteiger partial charge in [0.2, 0.25) is 0 Å². The van der Waals surface area contributed by atoms with Crippen molar-refractivity contribution >= 4 is 0 Å². The third-order valence-corrected chi connectivity index (χ3v) is 2.66. The molecule has 0 saturated heterocycles. The van der Waals surface area contributed by atoms with Crippen LogP contribution < -0.4 is 0 Å². The predicted molar refractivity (Wildman–Crippen MR) is 60.7 cm³/mol. The van der Waals surface area contributed by atoms with Crippen molar-refractivity contribution in [3.8, 4) is 0 Å². The van der Waals surface area contributed by atoms with E-state index >= 15 is 0 Å². The highest BCUT2D eigenvalue weighted by atomic mass is 16.2. The largest absolute Gasteiger partial charge is 0.396 e. The van der Waals surface area contributed by atoms with Crippen molar-refractivity contribution in [2.75, 3.05) is 6.61 Å². The first-order valence-electron chi connectivity index (χ1n) is 5.39. The van der Waals surface area contributed by atoms with Gasteiger partial charge in [-0.2, -0.15) is 0 Å². The van der Waals surface area contributed by atoms with Gasteiger partial charge in [0.15, 0.2) is 0 Å². The van der Waals surface area contributed by atoms with E-state index in [1.54, 1.807) is 0 Å². The van der Waals surface area contributed by atoms with Crippen LogP contribution in [0.5, 0.6) is 0 Å². The van der Waals surface area contributed by atoms with E-state index in [1.165, 1.54) is 28.7 Å². The number of hydrogen-bond acceptors (Lipinski definition) is 1. The molecular formula is C13H20O. The summed E-state index contributed by atoms with van der Waals surface area (Å²) in [7, 11) is 0. The molecule has 1 nitrogen and oxygen atoms in total. The highest BCUT2D eigenvalue weighted by Crippen LogP contribution is 2.18. The Labute approximate surface area is 86.8 Å². The minimum atomic E-state index is 0.245. The minimum absolute atomic E-state index is 0.245. The smallest absolute Gasteiger partial charge is 0.0471 e. The molecule has 1 aromatic rings. The molecule has 0 amide bonds. The highest BCUT2D eigenvalue weighted by molar-refractivity contribution is 5.38. The summed E-state index contributed by atoms with van der Waals surface area (Å²) < 4.78 is 0. The monoisotopic (exact) mass is 192 g/mol. The molecule has 14 heavy (non-hydrogen) atoms. The van der Waals surface area contributed by atoms with Crippen molar-refractivity contribution in [3.63, 3.8) is 0 Å². The van der Waals surface area contributed by atoms with E-state index in [0.29, 0.717) is 0 Å². The fourth-order valence-corrected chi connectivity index (χ4v) is 2.02. The van der Waals surface area contributed by atoms with Gasteiger partial charge in [-0.15, -0.1) is 0 Å². The van der Waals surface area contributed by atoms with Gasteiger partial charge in [0.1, 0.15) is 0 Å². The standard InChI is InChI=1S/C13H20O/c1-4-5-12-8-10(2)13(6-7-14)11(3)9-12/h8-9,14H,4-7H2,1-3H3. The number of aliphatic hydroxyl groups excluding tert-OH is 1. The van der Waals surface area contributed by atoms with Crippen LogP contribution >= 0.6 is 0 Å². The molecule has 0 aliphatic carbocycles. The van der Waals surface area contributed by atoms with Gasteiger partial charge in [0.25, 0.3) is 0 Å². The summed E-state index contributed by atoms with van der Waals surface area (Å²) in [6, 6.07) is 4.50. The van der Waals surface area contributed by atoms with Crippen LogP contribution in [-0.4, -0.2) is 11.7 Å². The lowest BCUT2D eigenvalue weighted by Crippen LogP contribution is -1.99. The number of rotatable bonds is 4. The summed E-state index contributed by atoms with van der Waals surface area (Å²) in [6.07, 6.45) is 3.13. The van der Waals surface area contributed by atoms with Gasteiger partial charge in [0, 0.05) is 6.61 Å². The van der Waals surface area contributed by atoms with E-state index in [0.717, 1.165) is 12.8 Å². The normalized spacial score (nSPS) is 10.6. The van der Waals surface area contributed by atoms with Crippen molar-refractivity contribution in [1.82, 2.24) is 0 Å². The van der Waals surface area contributed by atoms with Gasteiger partial charge in [0.05, 0.1) is 0 Å². The molecular weight excluding hydrogens is 172 g/mol. The van der Waals surface area contributed by atoms with Crippen LogP contribution in [0.15, 0.2) is 12.1 Å². The Morgan fingerprint density at radius 3 is 2.07 bits per heavy atom. The lowest BCUT2D eigenvalue weighted by Gasteiger charge is -2.11. The fourth-order valence-electron chi connectivity index (χ4n) is 2.02. The van der Waals surface area contributed by atoms with Crippen molar-refractivity contribution in [3.05, 3.63) is 34.4 Å². The molecule has 0 spiro atoms. The average Bonchev–Trinajstić information content (AvgIpc) is 2.12. The van der Waals surface area contributed by atoms with Gasteiger partial charge >= 0.3 is 0 Å². The molecule has 0 radical (unpaired) electrons. The van der Waals surface area contributed by atoms with Crippen molar-refractivity contribution in [2.45, 2.75) is 40.0 Å². The zero-order valence-corrected chi connectivity index (χ0v) is 9.43. The van der Waals surface area contributed by atoms with E-state index < -0.39 is 0 Å². The third kappa shape index (κ3) is 2.58. The lowest BCUT2D eigenvalue weighted by molar-refractivity contribution is 0.299. The maximum atomic E-state index is 8.94. The Balaban J connectivity index is 2.98. The van der Waals surface area contributed by atoms with Crippen LogP contribution in [0.3, 0.4) is 0 Å². The van der Waals surface area contributed by atoms with E-state index in [4.69, 9.17) is 5.11 Å². The van der Waals surface area contributed by atoms with Gasteiger partial charge in [-0.1, -0.05) is 25.5 Å². The summed E-state index contributed by atoms with van der Waals surface area (Å²) in [5, 5.41) is 8.94. The predicted octanol–water partition coefficient (Wildman–Crippen LogP) is 2.79. The Bertz CT molecular complexity index is 279. The first-order chi connectivity index (χ1) is 6.69. The Hall–Kier alpha value is -0.820. The molecule has 0 aliphatic heterocycles. The highest BCUT2D eigenvalue weighted by Gasteiger charge is 2.03. The molecule has 1 N–H and O–H groups in total. The quantitative estimate of drug-likeness (QED) is 0.777.